The molecule has 0 spiro atoms. The maximum atomic E-state index is 12.0. The molecule has 24 heavy (non-hydrogen) atoms. The second-order valence-electron chi connectivity index (χ2n) is 5.81. The number of carbonyl (C=O) groups is 2. The molecule has 1 aromatic carbocycles. The number of H-pyrrole nitrogens is 1. The van der Waals surface area contributed by atoms with Crippen molar-refractivity contribution < 1.29 is 14.8 Å². The molecule has 2 aromatic rings. The molecule has 0 radical (unpaired) electrons. The van der Waals surface area contributed by atoms with E-state index in [0.29, 0.717) is 19.4 Å². The van der Waals surface area contributed by atoms with Crippen molar-refractivity contribution in [3.05, 3.63) is 36.0 Å². The summed E-state index contributed by atoms with van der Waals surface area (Å²) in [7, 11) is 0. The van der Waals surface area contributed by atoms with E-state index in [9.17, 15) is 9.59 Å². The van der Waals surface area contributed by atoms with Crippen LogP contribution < -0.4 is 16.5 Å². The molecular formula is C17H24N4O3. The first-order valence-corrected chi connectivity index (χ1v) is 8.13. The van der Waals surface area contributed by atoms with Crippen molar-refractivity contribution in [1.82, 2.24) is 15.8 Å². The molecule has 6 N–H and O–H groups in total. The summed E-state index contributed by atoms with van der Waals surface area (Å²) in [5, 5.41) is 12.3. The fourth-order valence-electron chi connectivity index (χ4n) is 2.62. The van der Waals surface area contributed by atoms with Crippen molar-refractivity contribution in [2.75, 3.05) is 6.54 Å². The lowest BCUT2D eigenvalue weighted by Gasteiger charge is -2.12. The lowest BCUT2D eigenvalue weighted by molar-refractivity contribution is -0.129. The second kappa shape index (κ2) is 9.05. The van der Waals surface area contributed by atoms with Crippen LogP contribution in [0.5, 0.6) is 0 Å². The Labute approximate surface area is 140 Å². The largest absolute Gasteiger partial charge is 0.361 e. The number of benzene rings is 1. The summed E-state index contributed by atoms with van der Waals surface area (Å²) in [6.45, 7) is 0.529. The molecule has 1 unspecified atom stereocenters. The number of unbranched alkanes of at least 4 members (excludes halogenated alkanes) is 2. The van der Waals surface area contributed by atoms with Gasteiger partial charge in [0.1, 0.15) is 0 Å². The summed E-state index contributed by atoms with van der Waals surface area (Å²) in [6, 6.07) is 7.32. The van der Waals surface area contributed by atoms with Crippen LogP contribution in [0.1, 0.15) is 31.2 Å². The van der Waals surface area contributed by atoms with Crippen LogP contribution in [-0.4, -0.2) is 34.6 Å². The first-order chi connectivity index (χ1) is 11.6. The van der Waals surface area contributed by atoms with E-state index in [2.05, 4.69) is 10.3 Å². The fourth-order valence-corrected chi connectivity index (χ4v) is 2.62. The zero-order valence-corrected chi connectivity index (χ0v) is 13.5. The van der Waals surface area contributed by atoms with Gasteiger partial charge < -0.3 is 16.0 Å². The molecule has 2 amide bonds. The highest BCUT2D eigenvalue weighted by Gasteiger charge is 2.15. The van der Waals surface area contributed by atoms with Crippen LogP contribution in [-0.2, 0) is 16.0 Å². The van der Waals surface area contributed by atoms with Gasteiger partial charge in [0.15, 0.2) is 0 Å². The molecule has 0 aliphatic rings. The number of hydrogen-bond donors (Lipinski definition) is 5. The number of hydroxylamine groups is 1. The van der Waals surface area contributed by atoms with Crippen molar-refractivity contribution in [1.29, 1.82) is 0 Å². The van der Waals surface area contributed by atoms with E-state index in [0.717, 1.165) is 29.3 Å². The van der Waals surface area contributed by atoms with Crippen LogP contribution >= 0.6 is 0 Å². The predicted octanol–water partition coefficient (Wildman–Crippen LogP) is 1.22. The van der Waals surface area contributed by atoms with E-state index in [1.807, 2.05) is 30.5 Å². The van der Waals surface area contributed by atoms with Gasteiger partial charge in [-0.2, -0.15) is 0 Å². The molecule has 130 valence electrons. The van der Waals surface area contributed by atoms with Crippen LogP contribution in [0.2, 0.25) is 0 Å². The third-order valence-corrected chi connectivity index (χ3v) is 3.96. The third-order valence-electron chi connectivity index (χ3n) is 3.96. The molecule has 0 saturated heterocycles. The number of para-hydroxylation sites is 1. The minimum Gasteiger partial charge on any atom is -0.361 e. The second-order valence-corrected chi connectivity index (χ2v) is 5.81. The van der Waals surface area contributed by atoms with Crippen molar-refractivity contribution in [3.63, 3.8) is 0 Å². The standard InChI is InChI=1S/C17H24N4O3/c18-14(10-12-11-20-15-7-4-3-6-13(12)15)17(23)19-9-5-1-2-8-16(22)21-24/h3-4,6-7,11,14,20,24H,1-2,5,8-10,18H2,(H,19,23)(H,21,22). The monoisotopic (exact) mass is 332 g/mol. The fraction of sp³-hybridized carbons (Fsp3) is 0.412. The van der Waals surface area contributed by atoms with Crippen LogP contribution in [0.3, 0.4) is 0 Å². The molecule has 7 heteroatoms. The number of fused-ring (bicyclic) bond motifs is 1. The molecule has 1 heterocycles. The van der Waals surface area contributed by atoms with Crippen LogP contribution in [0, 0.1) is 0 Å². The summed E-state index contributed by atoms with van der Waals surface area (Å²) in [5.74, 6) is -0.562. The van der Waals surface area contributed by atoms with Gasteiger partial charge in [-0.1, -0.05) is 24.6 Å². The topological polar surface area (TPSA) is 120 Å². The molecule has 0 saturated carbocycles. The quantitative estimate of drug-likeness (QED) is 0.269. The predicted molar refractivity (Wildman–Crippen MR) is 91.4 cm³/mol. The number of nitrogens with one attached hydrogen (secondary N) is 3. The summed E-state index contributed by atoms with van der Waals surface area (Å²) in [5.41, 5.74) is 9.65. The summed E-state index contributed by atoms with van der Waals surface area (Å²) < 4.78 is 0. The van der Waals surface area contributed by atoms with Gasteiger partial charge in [-0.15, -0.1) is 0 Å². The molecule has 0 aliphatic carbocycles. The Morgan fingerprint density at radius 3 is 2.79 bits per heavy atom. The van der Waals surface area contributed by atoms with Gasteiger partial charge >= 0.3 is 0 Å². The molecule has 0 fully saturated rings. The van der Waals surface area contributed by atoms with E-state index in [1.165, 1.54) is 0 Å². The summed E-state index contributed by atoms with van der Waals surface area (Å²) in [6.07, 6.45) is 4.89. The zero-order valence-electron chi connectivity index (χ0n) is 13.5. The van der Waals surface area contributed by atoms with Crippen molar-refractivity contribution in [3.8, 4) is 0 Å². The molecular weight excluding hydrogens is 308 g/mol. The van der Waals surface area contributed by atoms with Gasteiger partial charge in [0, 0.05) is 30.1 Å². The maximum Gasteiger partial charge on any atom is 0.243 e. The highest BCUT2D eigenvalue weighted by molar-refractivity contribution is 5.86. The molecule has 7 nitrogen and oxygen atoms in total. The summed E-state index contributed by atoms with van der Waals surface area (Å²) in [4.78, 5) is 26.1. The van der Waals surface area contributed by atoms with Crippen LogP contribution in [0.15, 0.2) is 30.5 Å². The highest BCUT2D eigenvalue weighted by atomic mass is 16.5. The Kier molecular flexibility index (Phi) is 6.77. The van der Waals surface area contributed by atoms with E-state index < -0.39 is 6.04 Å². The average Bonchev–Trinajstić information content (AvgIpc) is 3.00. The van der Waals surface area contributed by atoms with Crippen molar-refractivity contribution in [2.24, 2.45) is 5.73 Å². The van der Waals surface area contributed by atoms with Gasteiger partial charge in [-0.3, -0.25) is 14.8 Å². The lowest BCUT2D eigenvalue weighted by Crippen LogP contribution is -2.42. The average molecular weight is 332 g/mol. The van der Waals surface area contributed by atoms with E-state index >= 15 is 0 Å². The van der Waals surface area contributed by atoms with Crippen molar-refractivity contribution >= 4 is 22.7 Å². The van der Waals surface area contributed by atoms with Gasteiger partial charge in [-0.25, -0.2) is 5.48 Å². The molecule has 1 aromatic heterocycles. The first-order valence-electron chi connectivity index (χ1n) is 8.13. The van der Waals surface area contributed by atoms with E-state index in [4.69, 9.17) is 10.9 Å². The first kappa shape index (κ1) is 18.0. The minimum atomic E-state index is -0.593. The Bertz CT molecular complexity index is 683. The number of rotatable bonds is 9. The van der Waals surface area contributed by atoms with E-state index in [1.54, 1.807) is 5.48 Å². The number of carbonyl (C=O) groups excluding carboxylic acids is 2. The number of nitrogens with two attached hydrogens (primary N) is 1. The van der Waals surface area contributed by atoms with E-state index in [-0.39, 0.29) is 18.2 Å². The van der Waals surface area contributed by atoms with Gasteiger partial charge in [-0.05, 0) is 30.9 Å². The van der Waals surface area contributed by atoms with Gasteiger partial charge in [0.25, 0.3) is 0 Å². The SMILES string of the molecule is NC(Cc1c[nH]c2ccccc12)C(=O)NCCCCCC(=O)NO. The molecule has 2 rings (SSSR count). The normalized spacial score (nSPS) is 12.1. The molecule has 1 atom stereocenters. The Balaban J connectivity index is 1.70. The number of hydrogen-bond acceptors (Lipinski definition) is 4. The maximum absolute atomic E-state index is 12.0. The number of amides is 2. The molecule has 0 aliphatic heterocycles. The number of aromatic amines is 1. The molecule has 0 bridgehead atoms. The Morgan fingerprint density at radius 2 is 2.00 bits per heavy atom. The smallest absolute Gasteiger partial charge is 0.243 e. The van der Waals surface area contributed by atoms with Crippen LogP contribution in [0.25, 0.3) is 10.9 Å². The van der Waals surface area contributed by atoms with Gasteiger partial charge in [0.05, 0.1) is 6.04 Å². The Morgan fingerprint density at radius 1 is 1.21 bits per heavy atom. The minimum absolute atomic E-state index is 0.173. The van der Waals surface area contributed by atoms with Gasteiger partial charge in [0.2, 0.25) is 11.8 Å². The summed E-state index contributed by atoms with van der Waals surface area (Å²) >= 11 is 0. The Hall–Kier alpha value is -2.38. The zero-order chi connectivity index (χ0) is 17.4. The lowest BCUT2D eigenvalue weighted by atomic mass is 10.1. The number of aromatic nitrogens is 1. The highest BCUT2D eigenvalue weighted by Crippen LogP contribution is 2.18. The van der Waals surface area contributed by atoms with Crippen LogP contribution in [0.4, 0.5) is 0 Å². The third kappa shape index (κ3) is 5.07. The van der Waals surface area contributed by atoms with Crippen molar-refractivity contribution in [2.45, 2.75) is 38.1 Å².